The maximum absolute atomic E-state index is 9.28. The number of aliphatic hydroxyl groups is 1. The van der Waals surface area contributed by atoms with Crippen molar-refractivity contribution >= 4 is 15.9 Å². The molecule has 1 aromatic carbocycles. The molecule has 0 amide bonds. The Labute approximate surface area is 112 Å². The summed E-state index contributed by atoms with van der Waals surface area (Å²) in [5.74, 6) is 0.783. The maximum atomic E-state index is 9.28. The topological polar surface area (TPSA) is 32.3 Å². The number of hydrogen-bond acceptors (Lipinski definition) is 2. The first-order valence-electron chi connectivity index (χ1n) is 6.33. The lowest BCUT2D eigenvalue weighted by molar-refractivity contribution is 0.181. The van der Waals surface area contributed by atoms with Crippen LogP contribution >= 0.6 is 15.9 Å². The first kappa shape index (κ1) is 13.1. The summed E-state index contributed by atoms with van der Waals surface area (Å²) in [4.78, 5) is 0. The predicted octanol–water partition coefficient (Wildman–Crippen LogP) is 3.26. The van der Waals surface area contributed by atoms with E-state index in [0.29, 0.717) is 6.04 Å². The predicted molar refractivity (Wildman–Crippen MR) is 73.9 cm³/mol. The minimum absolute atomic E-state index is 0.215. The van der Waals surface area contributed by atoms with Crippen molar-refractivity contribution in [2.24, 2.45) is 5.92 Å². The summed E-state index contributed by atoms with van der Waals surface area (Å²) in [7, 11) is 0. The molecule has 1 aliphatic carbocycles. The number of hydrogen-bond donors (Lipinski definition) is 2. The Morgan fingerprint density at radius 1 is 1.35 bits per heavy atom. The van der Waals surface area contributed by atoms with Crippen LogP contribution in [0.15, 0.2) is 28.7 Å². The molecule has 0 aromatic heterocycles. The van der Waals surface area contributed by atoms with Crippen molar-refractivity contribution in [2.75, 3.05) is 6.54 Å². The first-order chi connectivity index (χ1) is 8.16. The number of benzene rings is 1. The van der Waals surface area contributed by atoms with Crippen molar-refractivity contribution in [1.29, 1.82) is 0 Å². The molecular weight excluding hydrogens is 278 g/mol. The van der Waals surface area contributed by atoms with Crippen LogP contribution in [0.3, 0.4) is 0 Å². The molecule has 1 aromatic rings. The lowest BCUT2D eigenvalue weighted by Gasteiger charge is -2.19. The average molecular weight is 298 g/mol. The van der Waals surface area contributed by atoms with Crippen LogP contribution in [0.2, 0.25) is 0 Å². The fourth-order valence-corrected chi connectivity index (χ4v) is 2.37. The molecular formula is C14H20BrNO. The second-order valence-corrected chi connectivity index (χ2v) is 5.87. The quantitative estimate of drug-likeness (QED) is 0.845. The molecule has 0 radical (unpaired) electrons. The highest BCUT2D eigenvalue weighted by atomic mass is 79.9. The number of rotatable bonds is 6. The number of aliphatic hydroxyl groups excluding tert-OH is 1. The molecule has 94 valence electrons. The van der Waals surface area contributed by atoms with Gasteiger partial charge in [0.1, 0.15) is 0 Å². The van der Waals surface area contributed by atoms with Crippen molar-refractivity contribution in [2.45, 2.75) is 38.3 Å². The van der Waals surface area contributed by atoms with Crippen LogP contribution in [0.1, 0.15) is 37.8 Å². The lowest BCUT2D eigenvalue weighted by atomic mass is 10.0. The van der Waals surface area contributed by atoms with Gasteiger partial charge in [-0.3, -0.25) is 0 Å². The van der Waals surface area contributed by atoms with Crippen molar-refractivity contribution in [3.8, 4) is 0 Å². The van der Waals surface area contributed by atoms with E-state index in [2.05, 4.69) is 45.5 Å². The molecule has 3 heteroatoms. The van der Waals surface area contributed by atoms with Gasteiger partial charge in [0.2, 0.25) is 0 Å². The summed E-state index contributed by atoms with van der Waals surface area (Å²) in [5, 5.41) is 12.9. The molecule has 2 atom stereocenters. The van der Waals surface area contributed by atoms with Gasteiger partial charge < -0.3 is 10.4 Å². The van der Waals surface area contributed by atoms with Gasteiger partial charge in [0.15, 0.2) is 0 Å². The van der Waals surface area contributed by atoms with E-state index in [4.69, 9.17) is 0 Å². The lowest BCUT2D eigenvalue weighted by Crippen LogP contribution is -2.26. The second kappa shape index (κ2) is 5.98. The van der Waals surface area contributed by atoms with Gasteiger partial charge >= 0.3 is 0 Å². The standard InChI is InChI=1S/C14H20BrNO/c1-10(17)8-9-16-14(11-2-3-11)12-4-6-13(15)7-5-12/h4-7,10-11,14,16-17H,2-3,8-9H2,1H3. The highest BCUT2D eigenvalue weighted by Crippen LogP contribution is 2.41. The van der Waals surface area contributed by atoms with Gasteiger partial charge in [0, 0.05) is 10.5 Å². The Bertz CT molecular complexity index is 346. The summed E-state index contributed by atoms with van der Waals surface area (Å²) in [6.45, 7) is 2.72. The Balaban J connectivity index is 1.94. The molecule has 0 aliphatic heterocycles. The Morgan fingerprint density at radius 3 is 2.53 bits per heavy atom. The minimum atomic E-state index is -0.215. The molecule has 0 heterocycles. The van der Waals surface area contributed by atoms with E-state index in [0.717, 1.165) is 23.4 Å². The Morgan fingerprint density at radius 2 is 2.00 bits per heavy atom. The summed E-state index contributed by atoms with van der Waals surface area (Å²) in [6, 6.07) is 9.02. The van der Waals surface area contributed by atoms with Gasteiger partial charge in [-0.25, -0.2) is 0 Å². The van der Waals surface area contributed by atoms with Gasteiger partial charge in [0.05, 0.1) is 6.10 Å². The average Bonchev–Trinajstić information content (AvgIpc) is 3.10. The summed E-state index contributed by atoms with van der Waals surface area (Å²) in [6.07, 6.45) is 3.25. The van der Waals surface area contributed by atoms with Crippen LogP contribution in [-0.2, 0) is 0 Å². The zero-order valence-corrected chi connectivity index (χ0v) is 11.8. The van der Waals surface area contributed by atoms with E-state index in [1.165, 1.54) is 18.4 Å². The highest BCUT2D eigenvalue weighted by Gasteiger charge is 2.31. The van der Waals surface area contributed by atoms with Crippen LogP contribution in [0, 0.1) is 5.92 Å². The SMILES string of the molecule is CC(O)CCNC(c1ccc(Br)cc1)C1CC1. The molecule has 2 N–H and O–H groups in total. The molecule has 2 nitrogen and oxygen atoms in total. The van der Waals surface area contributed by atoms with Crippen LogP contribution in [0.25, 0.3) is 0 Å². The third kappa shape index (κ3) is 4.09. The Hall–Kier alpha value is -0.380. The molecule has 17 heavy (non-hydrogen) atoms. The largest absolute Gasteiger partial charge is 0.393 e. The maximum Gasteiger partial charge on any atom is 0.0524 e. The van der Waals surface area contributed by atoms with E-state index in [1.807, 2.05) is 6.92 Å². The van der Waals surface area contributed by atoms with Crippen molar-refractivity contribution in [1.82, 2.24) is 5.32 Å². The molecule has 2 rings (SSSR count). The molecule has 1 aliphatic rings. The third-order valence-electron chi connectivity index (χ3n) is 3.25. The van der Waals surface area contributed by atoms with Crippen molar-refractivity contribution in [3.05, 3.63) is 34.3 Å². The molecule has 2 unspecified atom stereocenters. The summed E-state index contributed by atoms with van der Waals surface area (Å²) < 4.78 is 1.12. The van der Waals surface area contributed by atoms with Gasteiger partial charge in [-0.15, -0.1) is 0 Å². The third-order valence-corrected chi connectivity index (χ3v) is 3.78. The fraction of sp³-hybridized carbons (Fsp3) is 0.571. The summed E-state index contributed by atoms with van der Waals surface area (Å²) in [5.41, 5.74) is 1.36. The fourth-order valence-electron chi connectivity index (χ4n) is 2.10. The monoisotopic (exact) mass is 297 g/mol. The molecule has 1 saturated carbocycles. The van der Waals surface area contributed by atoms with Gasteiger partial charge in [-0.2, -0.15) is 0 Å². The first-order valence-corrected chi connectivity index (χ1v) is 7.13. The smallest absolute Gasteiger partial charge is 0.0524 e. The number of nitrogens with one attached hydrogen (secondary N) is 1. The minimum Gasteiger partial charge on any atom is -0.393 e. The van der Waals surface area contributed by atoms with Crippen LogP contribution in [0.4, 0.5) is 0 Å². The molecule has 1 fully saturated rings. The zero-order chi connectivity index (χ0) is 12.3. The molecule has 0 spiro atoms. The van der Waals surface area contributed by atoms with E-state index >= 15 is 0 Å². The normalized spacial score (nSPS) is 19.0. The van der Waals surface area contributed by atoms with Crippen molar-refractivity contribution in [3.63, 3.8) is 0 Å². The van der Waals surface area contributed by atoms with Crippen LogP contribution in [-0.4, -0.2) is 17.8 Å². The van der Waals surface area contributed by atoms with E-state index in [9.17, 15) is 5.11 Å². The van der Waals surface area contributed by atoms with Crippen LogP contribution in [0.5, 0.6) is 0 Å². The molecule has 0 saturated heterocycles. The molecule has 0 bridgehead atoms. The number of halogens is 1. The van der Waals surface area contributed by atoms with E-state index < -0.39 is 0 Å². The second-order valence-electron chi connectivity index (χ2n) is 4.96. The Kier molecular flexibility index (Phi) is 4.60. The van der Waals surface area contributed by atoms with E-state index in [-0.39, 0.29) is 6.10 Å². The van der Waals surface area contributed by atoms with Gasteiger partial charge in [0.25, 0.3) is 0 Å². The van der Waals surface area contributed by atoms with Gasteiger partial charge in [-0.05, 0) is 56.3 Å². The van der Waals surface area contributed by atoms with E-state index in [1.54, 1.807) is 0 Å². The highest BCUT2D eigenvalue weighted by molar-refractivity contribution is 9.10. The van der Waals surface area contributed by atoms with Crippen LogP contribution < -0.4 is 5.32 Å². The zero-order valence-electron chi connectivity index (χ0n) is 10.2. The summed E-state index contributed by atoms with van der Waals surface area (Å²) >= 11 is 3.47. The van der Waals surface area contributed by atoms with Gasteiger partial charge in [-0.1, -0.05) is 28.1 Å². The van der Waals surface area contributed by atoms with Crippen molar-refractivity contribution < 1.29 is 5.11 Å².